The van der Waals surface area contributed by atoms with Crippen LogP contribution in [0.15, 0.2) is 11.6 Å². The van der Waals surface area contributed by atoms with Gasteiger partial charge in [-0.3, -0.25) is 4.79 Å². The summed E-state index contributed by atoms with van der Waals surface area (Å²) >= 11 is 1.63. The lowest BCUT2D eigenvalue weighted by atomic mass is 9.70. The van der Waals surface area contributed by atoms with Gasteiger partial charge in [-0.15, -0.1) is 11.3 Å². The Morgan fingerprint density at radius 1 is 1.58 bits per heavy atom. The van der Waals surface area contributed by atoms with Crippen LogP contribution in [0.4, 0.5) is 0 Å². The molecule has 0 saturated heterocycles. The first-order valence-electron chi connectivity index (χ1n) is 7.03. The zero-order valence-electron chi connectivity index (χ0n) is 11.5. The van der Waals surface area contributed by atoms with Crippen LogP contribution in [0, 0.1) is 11.3 Å². The number of carbonyl (C=O) groups is 1. The summed E-state index contributed by atoms with van der Waals surface area (Å²) < 4.78 is 0. The van der Waals surface area contributed by atoms with Crippen LogP contribution in [-0.4, -0.2) is 24.0 Å². The highest BCUT2D eigenvalue weighted by atomic mass is 32.1. The van der Waals surface area contributed by atoms with E-state index in [1.54, 1.807) is 17.5 Å². The average Bonchev–Trinajstić information content (AvgIpc) is 2.93. The van der Waals surface area contributed by atoms with Gasteiger partial charge in [0.1, 0.15) is 0 Å². The van der Waals surface area contributed by atoms with Gasteiger partial charge in [0.05, 0.1) is 10.4 Å². The number of nitrogens with one attached hydrogen (secondary N) is 1. The Bertz CT molecular complexity index is 397. The minimum absolute atomic E-state index is 0.137. The highest BCUT2D eigenvalue weighted by molar-refractivity contribution is 7.09. The number of hydrogen-bond acceptors (Lipinski definition) is 4. The molecule has 0 atom stereocenters. The largest absolute Gasteiger partial charge is 0.355 e. The molecule has 3 N–H and O–H groups in total. The zero-order chi connectivity index (χ0) is 13.7. The van der Waals surface area contributed by atoms with Crippen LogP contribution in [0.5, 0.6) is 0 Å². The maximum absolute atomic E-state index is 12.4. The molecule has 0 spiro atoms. The van der Waals surface area contributed by atoms with E-state index < -0.39 is 0 Å². The Balaban J connectivity index is 1.83. The van der Waals surface area contributed by atoms with Gasteiger partial charge in [-0.05, 0) is 31.6 Å². The standard InChI is InChI=1S/C14H23N3OS/c1-11-2-5-14(10-15,6-3-11)13(18)17-7-4-12-16-8-9-19-12/h8-9,11H,2-7,10,15H2,1H3,(H,17,18). The summed E-state index contributed by atoms with van der Waals surface area (Å²) in [5.74, 6) is 0.862. The summed E-state index contributed by atoms with van der Waals surface area (Å²) in [6.45, 7) is 3.37. The van der Waals surface area contributed by atoms with Crippen molar-refractivity contribution in [3.05, 3.63) is 16.6 Å². The predicted molar refractivity (Wildman–Crippen MR) is 77.9 cm³/mol. The van der Waals surface area contributed by atoms with Crippen molar-refractivity contribution in [3.63, 3.8) is 0 Å². The van der Waals surface area contributed by atoms with E-state index in [0.717, 1.165) is 43.0 Å². The molecule has 1 amide bonds. The number of nitrogens with zero attached hydrogens (tertiary/aromatic N) is 1. The normalized spacial score (nSPS) is 27.2. The molecule has 0 unspecified atom stereocenters. The average molecular weight is 281 g/mol. The van der Waals surface area contributed by atoms with E-state index in [-0.39, 0.29) is 11.3 Å². The van der Waals surface area contributed by atoms with Crippen LogP contribution in [0.25, 0.3) is 0 Å². The molecule has 5 heteroatoms. The van der Waals surface area contributed by atoms with E-state index in [4.69, 9.17) is 5.73 Å². The number of nitrogens with two attached hydrogens (primary N) is 1. The van der Waals surface area contributed by atoms with Gasteiger partial charge in [0.2, 0.25) is 5.91 Å². The molecular weight excluding hydrogens is 258 g/mol. The van der Waals surface area contributed by atoms with Crippen LogP contribution < -0.4 is 11.1 Å². The molecular formula is C14H23N3OS. The number of thiazole rings is 1. The molecule has 1 fully saturated rings. The lowest BCUT2D eigenvalue weighted by Gasteiger charge is -2.37. The molecule has 19 heavy (non-hydrogen) atoms. The number of amides is 1. The third-order valence-corrected chi connectivity index (χ3v) is 5.05. The highest BCUT2D eigenvalue weighted by Gasteiger charge is 2.39. The molecule has 0 aromatic carbocycles. The van der Waals surface area contributed by atoms with E-state index >= 15 is 0 Å². The van der Waals surface area contributed by atoms with Crippen molar-refractivity contribution in [3.8, 4) is 0 Å². The summed E-state index contributed by atoms with van der Waals surface area (Å²) in [7, 11) is 0. The molecule has 1 aromatic heterocycles. The molecule has 1 aliphatic rings. The maximum atomic E-state index is 12.4. The fourth-order valence-corrected chi connectivity index (χ4v) is 3.31. The van der Waals surface area contributed by atoms with E-state index in [1.165, 1.54) is 0 Å². The molecule has 0 aliphatic heterocycles. The van der Waals surface area contributed by atoms with Crippen molar-refractivity contribution in [2.45, 2.75) is 39.0 Å². The van der Waals surface area contributed by atoms with Crippen molar-refractivity contribution >= 4 is 17.2 Å². The van der Waals surface area contributed by atoms with Gasteiger partial charge in [-0.25, -0.2) is 4.98 Å². The van der Waals surface area contributed by atoms with E-state index in [2.05, 4.69) is 17.2 Å². The Morgan fingerprint density at radius 2 is 2.32 bits per heavy atom. The summed E-state index contributed by atoms with van der Waals surface area (Å²) in [5.41, 5.74) is 5.56. The van der Waals surface area contributed by atoms with E-state index in [0.29, 0.717) is 13.1 Å². The first-order chi connectivity index (χ1) is 9.16. The monoisotopic (exact) mass is 281 g/mol. The Labute approximate surface area is 118 Å². The third-order valence-electron chi connectivity index (χ3n) is 4.21. The Morgan fingerprint density at radius 3 is 2.89 bits per heavy atom. The molecule has 1 heterocycles. The van der Waals surface area contributed by atoms with Crippen molar-refractivity contribution < 1.29 is 4.79 Å². The van der Waals surface area contributed by atoms with E-state index in [9.17, 15) is 4.79 Å². The van der Waals surface area contributed by atoms with Crippen LogP contribution >= 0.6 is 11.3 Å². The summed E-state index contributed by atoms with van der Waals surface area (Å²) in [6.07, 6.45) is 6.67. The summed E-state index contributed by atoms with van der Waals surface area (Å²) in [4.78, 5) is 16.6. The second kappa shape index (κ2) is 6.48. The smallest absolute Gasteiger partial charge is 0.227 e. The van der Waals surface area contributed by atoms with E-state index in [1.807, 2.05) is 5.38 Å². The van der Waals surface area contributed by atoms with Crippen LogP contribution in [0.1, 0.15) is 37.6 Å². The second-order valence-corrected chi connectivity index (χ2v) is 6.58. The third kappa shape index (κ3) is 3.54. The number of aromatic nitrogens is 1. The summed E-state index contributed by atoms with van der Waals surface area (Å²) in [5, 5.41) is 6.07. The van der Waals surface area contributed by atoms with Crippen LogP contribution in [0.3, 0.4) is 0 Å². The maximum Gasteiger partial charge on any atom is 0.227 e. The van der Waals surface area contributed by atoms with Crippen molar-refractivity contribution in [1.82, 2.24) is 10.3 Å². The fourth-order valence-electron chi connectivity index (χ4n) is 2.69. The molecule has 1 aliphatic carbocycles. The van der Waals surface area contributed by atoms with Crippen molar-refractivity contribution in [1.29, 1.82) is 0 Å². The van der Waals surface area contributed by atoms with Gasteiger partial charge < -0.3 is 11.1 Å². The molecule has 1 saturated carbocycles. The summed E-state index contributed by atoms with van der Waals surface area (Å²) in [6, 6.07) is 0. The molecule has 2 rings (SSSR count). The van der Waals surface area contributed by atoms with Crippen molar-refractivity contribution in [2.24, 2.45) is 17.1 Å². The fraction of sp³-hybridized carbons (Fsp3) is 0.714. The highest BCUT2D eigenvalue weighted by Crippen LogP contribution is 2.38. The lowest BCUT2D eigenvalue weighted by Crippen LogP contribution is -2.48. The Kier molecular flexibility index (Phi) is 4.93. The van der Waals surface area contributed by atoms with Gasteiger partial charge >= 0.3 is 0 Å². The predicted octanol–water partition coefficient (Wildman–Crippen LogP) is 1.96. The zero-order valence-corrected chi connectivity index (χ0v) is 12.3. The molecule has 0 bridgehead atoms. The SMILES string of the molecule is CC1CCC(CN)(C(=O)NCCc2nccs2)CC1. The van der Waals surface area contributed by atoms with Crippen LogP contribution in [0.2, 0.25) is 0 Å². The first-order valence-corrected chi connectivity index (χ1v) is 7.91. The van der Waals surface area contributed by atoms with Gasteiger partial charge in [0.25, 0.3) is 0 Å². The number of carbonyl (C=O) groups excluding carboxylic acids is 1. The first kappa shape index (κ1) is 14.5. The van der Waals surface area contributed by atoms with Gasteiger partial charge in [0, 0.05) is 31.1 Å². The minimum Gasteiger partial charge on any atom is -0.355 e. The number of rotatable bonds is 5. The lowest BCUT2D eigenvalue weighted by molar-refractivity contribution is -0.132. The quantitative estimate of drug-likeness (QED) is 0.867. The van der Waals surface area contributed by atoms with Crippen molar-refractivity contribution in [2.75, 3.05) is 13.1 Å². The van der Waals surface area contributed by atoms with Gasteiger partial charge in [-0.1, -0.05) is 6.92 Å². The second-order valence-electron chi connectivity index (χ2n) is 5.60. The number of hydrogen-bond donors (Lipinski definition) is 2. The van der Waals surface area contributed by atoms with Gasteiger partial charge in [-0.2, -0.15) is 0 Å². The minimum atomic E-state index is -0.324. The molecule has 106 valence electrons. The molecule has 0 radical (unpaired) electrons. The molecule has 1 aromatic rings. The van der Waals surface area contributed by atoms with Gasteiger partial charge in [0.15, 0.2) is 0 Å². The topological polar surface area (TPSA) is 68.0 Å². The Hall–Kier alpha value is -0.940. The van der Waals surface area contributed by atoms with Crippen LogP contribution in [-0.2, 0) is 11.2 Å². The molecule has 4 nitrogen and oxygen atoms in total.